The summed E-state index contributed by atoms with van der Waals surface area (Å²) < 4.78 is 19.9. The van der Waals surface area contributed by atoms with E-state index in [0.29, 0.717) is 19.8 Å². The normalized spacial score (nSPS) is 10.5. The molecule has 2 rings (SSSR count). The van der Waals surface area contributed by atoms with Crippen molar-refractivity contribution in [2.45, 2.75) is 20.8 Å². The molecule has 2 aromatic carbocycles. The van der Waals surface area contributed by atoms with Crippen LogP contribution in [0.3, 0.4) is 0 Å². The molecule has 0 amide bonds. The van der Waals surface area contributed by atoms with Crippen LogP contribution in [0.2, 0.25) is 0 Å². The van der Waals surface area contributed by atoms with Crippen molar-refractivity contribution >= 4 is 0 Å². The van der Waals surface area contributed by atoms with Gasteiger partial charge in [-0.1, -0.05) is 0 Å². The summed E-state index contributed by atoms with van der Waals surface area (Å²) in [6, 6.07) is 14.5. The molecule has 0 N–H and O–H groups in total. The van der Waals surface area contributed by atoms with E-state index in [1.165, 1.54) is 7.14 Å². The summed E-state index contributed by atoms with van der Waals surface area (Å²) in [7, 11) is 0. The van der Waals surface area contributed by atoms with Gasteiger partial charge in [-0.15, -0.1) is 0 Å². The second-order valence-electron chi connectivity index (χ2n) is 4.42. The van der Waals surface area contributed by atoms with E-state index < -0.39 is 0 Å². The van der Waals surface area contributed by atoms with Gasteiger partial charge in [0.05, 0.1) is 0 Å². The molecule has 3 nitrogen and oxygen atoms in total. The number of rotatable bonds is 8. The van der Waals surface area contributed by atoms with Gasteiger partial charge in [0.15, 0.2) is 0 Å². The third-order valence-electron chi connectivity index (χ3n) is 2.83. The molecule has 0 bridgehead atoms. The van der Waals surface area contributed by atoms with E-state index in [1.54, 1.807) is 0 Å². The van der Waals surface area contributed by atoms with E-state index in [2.05, 4.69) is 24.3 Å². The van der Waals surface area contributed by atoms with Crippen LogP contribution in [0.25, 0.3) is 0 Å². The topological polar surface area (TPSA) is 27.7 Å². The SMILES string of the molecule is CCOc1cc(OCC)c([I-]c2ccccc2)c(OCC)c1. The molecular weight excluding hydrogens is 391 g/mol. The zero-order valence-electron chi connectivity index (χ0n) is 13.3. The number of hydrogen-bond acceptors (Lipinski definition) is 3. The predicted molar refractivity (Wildman–Crippen MR) is 83.8 cm³/mol. The minimum atomic E-state index is -0.368. The Morgan fingerprint density at radius 3 is 1.82 bits per heavy atom. The average Bonchev–Trinajstić information content (AvgIpc) is 2.52. The fraction of sp³-hybridized carbons (Fsp3) is 0.333. The molecule has 0 spiro atoms. The Kier molecular flexibility index (Phi) is 6.83. The molecule has 0 heterocycles. The molecule has 0 aromatic heterocycles. The first-order valence-electron chi connectivity index (χ1n) is 7.54. The Hall–Kier alpha value is -1.43. The van der Waals surface area contributed by atoms with Crippen LogP contribution in [-0.4, -0.2) is 19.8 Å². The Morgan fingerprint density at radius 1 is 0.773 bits per heavy atom. The second kappa shape index (κ2) is 8.88. The van der Waals surface area contributed by atoms with E-state index in [4.69, 9.17) is 14.2 Å². The zero-order chi connectivity index (χ0) is 15.8. The summed E-state index contributed by atoms with van der Waals surface area (Å²) in [5.74, 6) is 2.57. The van der Waals surface area contributed by atoms with E-state index in [0.717, 1.165) is 17.2 Å². The van der Waals surface area contributed by atoms with Crippen molar-refractivity contribution in [3.63, 3.8) is 0 Å². The molecule has 120 valence electrons. The first-order valence-corrected chi connectivity index (χ1v) is 9.70. The summed E-state index contributed by atoms with van der Waals surface area (Å²) in [4.78, 5) is 0. The van der Waals surface area contributed by atoms with Crippen molar-refractivity contribution in [1.29, 1.82) is 0 Å². The molecule has 0 unspecified atom stereocenters. The quantitative estimate of drug-likeness (QED) is 0.605. The Balaban J connectivity index is 2.42. The van der Waals surface area contributed by atoms with E-state index in [9.17, 15) is 0 Å². The van der Waals surface area contributed by atoms with Gasteiger partial charge in [0.25, 0.3) is 0 Å². The van der Waals surface area contributed by atoms with Crippen LogP contribution in [0.4, 0.5) is 0 Å². The van der Waals surface area contributed by atoms with Crippen molar-refractivity contribution in [2.75, 3.05) is 19.8 Å². The van der Waals surface area contributed by atoms with Gasteiger partial charge in [0, 0.05) is 0 Å². The van der Waals surface area contributed by atoms with Gasteiger partial charge in [0.2, 0.25) is 0 Å². The van der Waals surface area contributed by atoms with E-state index in [-0.39, 0.29) is 21.2 Å². The number of hydrogen-bond donors (Lipinski definition) is 0. The van der Waals surface area contributed by atoms with Crippen LogP contribution in [0, 0.1) is 7.14 Å². The fourth-order valence-electron chi connectivity index (χ4n) is 2.00. The summed E-state index contributed by atoms with van der Waals surface area (Å²) >= 11 is -0.368. The zero-order valence-corrected chi connectivity index (χ0v) is 15.4. The van der Waals surface area contributed by atoms with E-state index in [1.807, 2.05) is 39.0 Å². The number of benzene rings is 2. The van der Waals surface area contributed by atoms with Gasteiger partial charge >= 0.3 is 143 Å². The molecular formula is C18H22IO3-. The van der Waals surface area contributed by atoms with Crippen LogP contribution >= 0.6 is 0 Å². The van der Waals surface area contributed by atoms with Gasteiger partial charge < -0.3 is 0 Å². The maximum atomic E-state index is 5.85. The Morgan fingerprint density at radius 2 is 1.32 bits per heavy atom. The monoisotopic (exact) mass is 413 g/mol. The van der Waals surface area contributed by atoms with Crippen LogP contribution in [0.15, 0.2) is 42.5 Å². The van der Waals surface area contributed by atoms with Crippen molar-refractivity contribution in [3.8, 4) is 17.2 Å². The first kappa shape index (κ1) is 16.9. The summed E-state index contributed by atoms with van der Waals surface area (Å²) in [5, 5.41) is 0. The molecule has 2 aromatic rings. The molecule has 0 radical (unpaired) electrons. The van der Waals surface area contributed by atoms with Gasteiger partial charge in [-0.05, 0) is 0 Å². The van der Waals surface area contributed by atoms with Crippen LogP contribution in [0.1, 0.15) is 20.8 Å². The summed E-state index contributed by atoms with van der Waals surface area (Å²) in [6.07, 6.45) is 0. The van der Waals surface area contributed by atoms with Crippen molar-refractivity contribution in [2.24, 2.45) is 0 Å². The minimum absolute atomic E-state index is 0.368. The van der Waals surface area contributed by atoms with Gasteiger partial charge in [-0.3, -0.25) is 0 Å². The van der Waals surface area contributed by atoms with Crippen LogP contribution in [0.5, 0.6) is 17.2 Å². The van der Waals surface area contributed by atoms with Crippen LogP contribution < -0.4 is 35.4 Å². The Labute approximate surface area is 142 Å². The number of ether oxygens (including phenoxy) is 3. The third-order valence-corrected chi connectivity index (χ3v) is 5.77. The number of halogens is 1. The van der Waals surface area contributed by atoms with Crippen molar-refractivity contribution in [1.82, 2.24) is 0 Å². The summed E-state index contributed by atoms with van der Waals surface area (Å²) in [5.41, 5.74) is 0. The maximum absolute atomic E-state index is 5.85. The standard InChI is InChI=1S/C18H22IO3/c1-4-20-15-12-16(21-5-2)18(17(13-15)22-6-3)19-14-10-8-7-9-11-14/h7-13H,4-6H2,1-3H3/q-1. The van der Waals surface area contributed by atoms with Gasteiger partial charge in [0.1, 0.15) is 0 Å². The molecule has 0 saturated carbocycles. The molecule has 0 atom stereocenters. The molecule has 0 aliphatic heterocycles. The van der Waals surface area contributed by atoms with Crippen LogP contribution in [-0.2, 0) is 0 Å². The molecule has 22 heavy (non-hydrogen) atoms. The molecule has 0 aliphatic rings. The molecule has 0 saturated heterocycles. The third kappa shape index (κ3) is 4.53. The predicted octanol–water partition coefficient (Wildman–Crippen LogP) is 1.01. The van der Waals surface area contributed by atoms with Crippen molar-refractivity contribution in [3.05, 3.63) is 49.6 Å². The first-order chi connectivity index (χ1) is 10.8. The van der Waals surface area contributed by atoms with Gasteiger partial charge in [-0.2, -0.15) is 0 Å². The average molecular weight is 413 g/mol. The molecule has 4 heteroatoms. The fourth-order valence-corrected chi connectivity index (χ4v) is 4.55. The van der Waals surface area contributed by atoms with Gasteiger partial charge in [-0.25, -0.2) is 0 Å². The van der Waals surface area contributed by atoms with Crippen molar-refractivity contribution < 1.29 is 35.4 Å². The Bertz CT molecular complexity index is 557. The second-order valence-corrected chi connectivity index (χ2v) is 7.29. The molecule has 0 aliphatic carbocycles. The molecule has 0 fully saturated rings. The van der Waals surface area contributed by atoms with E-state index >= 15 is 0 Å². The summed E-state index contributed by atoms with van der Waals surface area (Å²) in [6.45, 7) is 7.87.